The summed E-state index contributed by atoms with van der Waals surface area (Å²) in [6, 6.07) is 20.1. The molecule has 1 N–H and O–H groups in total. The van der Waals surface area contributed by atoms with Gasteiger partial charge in [-0.1, -0.05) is 54.1 Å². The van der Waals surface area contributed by atoms with Crippen LogP contribution in [-0.4, -0.2) is 0 Å². The predicted molar refractivity (Wildman–Crippen MR) is 77.7 cm³/mol. The highest BCUT2D eigenvalue weighted by Gasteiger charge is 2.09. The SMILES string of the molecule is N#CCC(NCc1ccc(Cl)cc1)c1ccccc1. The Morgan fingerprint density at radius 2 is 1.74 bits per heavy atom. The number of rotatable bonds is 5. The molecule has 2 aromatic carbocycles. The summed E-state index contributed by atoms with van der Waals surface area (Å²) in [6.07, 6.45) is 0.456. The summed E-state index contributed by atoms with van der Waals surface area (Å²) in [4.78, 5) is 0. The first-order valence-corrected chi connectivity index (χ1v) is 6.57. The molecule has 0 aliphatic rings. The summed E-state index contributed by atoms with van der Waals surface area (Å²) in [7, 11) is 0. The molecule has 3 heteroatoms. The van der Waals surface area contributed by atoms with Gasteiger partial charge in [0.25, 0.3) is 0 Å². The fourth-order valence-electron chi connectivity index (χ4n) is 1.93. The van der Waals surface area contributed by atoms with Crippen molar-refractivity contribution in [2.45, 2.75) is 19.0 Å². The van der Waals surface area contributed by atoms with E-state index in [0.717, 1.165) is 22.7 Å². The molecule has 0 saturated carbocycles. The third kappa shape index (κ3) is 4.10. The van der Waals surface area contributed by atoms with Crippen LogP contribution in [0.1, 0.15) is 23.6 Å². The Hall–Kier alpha value is -1.82. The van der Waals surface area contributed by atoms with Gasteiger partial charge in [-0.15, -0.1) is 0 Å². The first-order valence-electron chi connectivity index (χ1n) is 6.19. The van der Waals surface area contributed by atoms with Gasteiger partial charge in [0, 0.05) is 17.6 Å². The van der Waals surface area contributed by atoms with Gasteiger partial charge in [-0.2, -0.15) is 5.26 Å². The maximum absolute atomic E-state index is 8.92. The second-order valence-electron chi connectivity index (χ2n) is 4.33. The molecule has 0 amide bonds. The molecule has 0 aliphatic carbocycles. The smallest absolute Gasteiger partial charge is 0.0641 e. The molecule has 0 saturated heterocycles. The van der Waals surface area contributed by atoms with Crippen LogP contribution in [0.15, 0.2) is 54.6 Å². The van der Waals surface area contributed by atoms with E-state index in [1.807, 2.05) is 54.6 Å². The molecular weight excluding hydrogens is 256 g/mol. The van der Waals surface area contributed by atoms with Crippen LogP contribution in [0, 0.1) is 11.3 Å². The van der Waals surface area contributed by atoms with Gasteiger partial charge in [-0.05, 0) is 23.3 Å². The fourth-order valence-corrected chi connectivity index (χ4v) is 2.05. The number of nitrogens with zero attached hydrogens (tertiary/aromatic N) is 1. The summed E-state index contributed by atoms with van der Waals surface area (Å²) in [6.45, 7) is 0.721. The average molecular weight is 271 g/mol. The first kappa shape index (κ1) is 13.6. The van der Waals surface area contributed by atoms with E-state index >= 15 is 0 Å². The zero-order valence-electron chi connectivity index (χ0n) is 10.5. The van der Waals surface area contributed by atoms with Crippen LogP contribution in [0.4, 0.5) is 0 Å². The Morgan fingerprint density at radius 1 is 1.05 bits per heavy atom. The van der Waals surface area contributed by atoms with Crippen molar-refractivity contribution in [2.24, 2.45) is 0 Å². The molecule has 2 nitrogen and oxygen atoms in total. The quantitative estimate of drug-likeness (QED) is 0.888. The minimum Gasteiger partial charge on any atom is -0.305 e. The van der Waals surface area contributed by atoms with Crippen molar-refractivity contribution in [3.05, 3.63) is 70.7 Å². The van der Waals surface area contributed by atoms with Crippen LogP contribution in [0.25, 0.3) is 0 Å². The molecule has 96 valence electrons. The van der Waals surface area contributed by atoms with Crippen molar-refractivity contribution >= 4 is 11.6 Å². The van der Waals surface area contributed by atoms with Crippen molar-refractivity contribution in [3.8, 4) is 6.07 Å². The van der Waals surface area contributed by atoms with Crippen LogP contribution >= 0.6 is 11.6 Å². The van der Waals surface area contributed by atoms with Gasteiger partial charge in [0.1, 0.15) is 0 Å². The molecule has 0 heterocycles. The molecule has 0 aliphatic heterocycles. The van der Waals surface area contributed by atoms with Gasteiger partial charge in [-0.3, -0.25) is 0 Å². The summed E-state index contributed by atoms with van der Waals surface area (Å²) in [5.74, 6) is 0. The normalized spacial score (nSPS) is 11.8. The minimum absolute atomic E-state index is 0.0573. The Kier molecular flexibility index (Phi) is 4.97. The van der Waals surface area contributed by atoms with Gasteiger partial charge < -0.3 is 5.32 Å². The highest BCUT2D eigenvalue weighted by atomic mass is 35.5. The first-order chi connectivity index (χ1) is 9.29. The fraction of sp³-hybridized carbons (Fsp3) is 0.188. The Bertz CT molecular complexity index is 543. The molecule has 1 unspecified atom stereocenters. The third-order valence-corrected chi connectivity index (χ3v) is 3.22. The lowest BCUT2D eigenvalue weighted by atomic mass is 10.0. The van der Waals surface area contributed by atoms with Crippen LogP contribution < -0.4 is 5.32 Å². The second-order valence-corrected chi connectivity index (χ2v) is 4.77. The highest BCUT2D eigenvalue weighted by molar-refractivity contribution is 6.30. The van der Waals surface area contributed by atoms with E-state index in [2.05, 4.69) is 11.4 Å². The van der Waals surface area contributed by atoms with Crippen molar-refractivity contribution in [1.29, 1.82) is 5.26 Å². The molecule has 19 heavy (non-hydrogen) atoms. The molecule has 2 aromatic rings. The number of hydrogen-bond acceptors (Lipinski definition) is 2. The molecule has 0 radical (unpaired) electrons. The molecule has 0 bridgehead atoms. The Morgan fingerprint density at radius 3 is 2.37 bits per heavy atom. The van der Waals surface area contributed by atoms with Crippen molar-refractivity contribution in [2.75, 3.05) is 0 Å². The Balaban J connectivity index is 2.02. The predicted octanol–water partition coefficient (Wildman–Crippen LogP) is 4.08. The van der Waals surface area contributed by atoms with Crippen molar-refractivity contribution in [3.63, 3.8) is 0 Å². The van der Waals surface area contributed by atoms with Crippen LogP contribution in [-0.2, 0) is 6.54 Å². The van der Waals surface area contributed by atoms with E-state index in [9.17, 15) is 0 Å². The summed E-state index contributed by atoms with van der Waals surface area (Å²) < 4.78 is 0. The highest BCUT2D eigenvalue weighted by Crippen LogP contribution is 2.17. The number of halogens is 1. The lowest BCUT2D eigenvalue weighted by Crippen LogP contribution is -2.20. The maximum Gasteiger partial charge on any atom is 0.0641 e. The van der Waals surface area contributed by atoms with Gasteiger partial charge >= 0.3 is 0 Å². The van der Waals surface area contributed by atoms with E-state index in [0.29, 0.717) is 6.42 Å². The van der Waals surface area contributed by atoms with E-state index in [1.54, 1.807) is 0 Å². The monoisotopic (exact) mass is 270 g/mol. The van der Waals surface area contributed by atoms with Crippen molar-refractivity contribution < 1.29 is 0 Å². The standard InChI is InChI=1S/C16H15ClN2/c17-15-8-6-13(7-9-15)12-19-16(10-11-18)14-4-2-1-3-5-14/h1-9,16,19H,10,12H2. The lowest BCUT2D eigenvalue weighted by Gasteiger charge is -2.16. The molecule has 2 rings (SSSR count). The largest absolute Gasteiger partial charge is 0.305 e. The summed E-state index contributed by atoms with van der Waals surface area (Å²) in [5, 5.41) is 13.1. The minimum atomic E-state index is 0.0573. The van der Waals surface area contributed by atoms with Gasteiger partial charge in [0.2, 0.25) is 0 Å². The summed E-state index contributed by atoms with van der Waals surface area (Å²) >= 11 is 5.86. The van der Waals surface area contributed by atoms with Gasteiger partial charge in [0.05, 0.1) is 12.5 Å². The topological polar surface area (TPSA) is 35.8 Å². The zero-order chi connectivity index (χ0) is 13.5. The maximum atomic E-state index is 8.92. The van der Waals surface area contributed by atoms with Gasteiger partial charge in [0.15, 0.2) is 0 Å². The van der Waals surface area contributed by atoms with Crippen molar-refractivity contribution in [1.82, 2.24) is 5.32 Å². The lowest BCUT2D eigenvalue weighted by molar-refractivity contribution is 0.542. The molecular formula is C16H15ClN2. The third-order valence-electron chi connectivity index (χ3n) is 2.96. The van der Waals surface area contributed by atoms with E-state index in [-0.39, 0.29) is 6.04 Å². The molecule has 0 spiro atoms. The molecule has 1 atom stereocenters. The number of nitriles is 1. The van der Waals surface area contributed by atoms with E-state index in [1.165, 1.54) is 0 Å². The van der Waals surface area contributed by atoms with E-state index < -0.39 is 0 Å². The van der Waals surface area contributed by atoms with Gasteiger partial charge in [-0.25, -0.2) is 0 Å². The zero-order valence-corrected chi connectivity index (χ0v) is 11.3. The van der Waals surface area contributed by atoms with Crippen LogP contribution in [0.3, 0.4) is 0 Å². The number of nitrogens with one attached hydrogen (secondary N) is 1. The molecule has 0 fully saturated rings. The number of hydrogen-bond donors (Lipinski definition) is 1. The molecule has 0 aromatic heterocycles. The average Bonchev–Trinajstić information content (AvgIpc) is 2.46. The van der Waals surface area contributed by atoms with Crippen LogP contribution in [0.5, 0.6) is 0 Å². The number of benzene rings is 2. The summed E-state index contributed by atoms with van der Waals surface area (Å²) in [5.41, 5.74) is 2.29. The second kappa shape index (κ2) is 6.94. The van der Waals surface area contributed by atoms with Crippen LogP contribution in [0.2, 0.25) is 5.02 Å². The van der Waals surface area contributed by atoms with E-state index in [4.69, 9.17) is 16.9 Å². The Labute approximate surface area is 118 Å².